The molecule has 1 atom stereocenters. The van der Waals surface area contributed by atoms with Gasteiger partial charge in [0.15, 0.2) is 16.8 Å². The molecule has 2 aromatic rings. The van der Waals surface area contributed by atoms with Gasteiger partial charge in [0, 0.05) is 17.9 Å². The SMILES string of the molecule is CC.Cc1nc(C(=O)Nc2cncc([C@]3(C)CC(C)(C)SC(N)=N3)c2)co1. The molecule has 0 saturated heterocycles. The fraction of sp³-hybridized carbons (Fsp3) is 0.474. The number of amidine groups is 1. The van der Waals surface area contributed by atoms with E-state index in [1.165, 1.54) is 6.26 Å². The molecule has 0 radical (unpaired) electrons. The largest absolute Gasteiger partial charge is 0.448 e. The third-order valence-corrected chi connectivity index (χ3v) is 4.97. The summed E-state index contributed by atoms with van der Waals surface area (Å²) in [6.07, 6.45) is 5.49. The number of carbonyl (C=O) groups excluding carboxylic acids is 1. The van der Waals surface area contributed by atoms with E-state index in [1.807, 2.05) is 26.8 Å². The van der Waals surface area contributed by atoms with Crippen molar-refractivity contribution in [2.45, 2.75) is 58.2 Å². The lowest BCUT2D eigenvalue weighted by Crippen LogP contribution is -2.38. The van der Waals surface area contributed by atoms with Gasteiger partial charge in [0.05, 0.1) is 17.4 Å². The highest BCUT2D eigenvalue weighted by Gasteiger charge is 2.39. The summed E-state index contributed by atoms with van der Waals surface area (Å²) in [4.78, 5) is 25.2. The maximum absolute atomic E-state index is 12.2. The maximum Gasteiger partial charge on any atom is 0.277 e. The number of hydrogen-bond donors (Lipinski definition) is 2. The number of carbonyl (C=O) groups is 1. The fourth-order valence-electron chi connectivity index (χ4n) is 3.09. The van der Waals surface area contributed by atoms with Gasteiger partial charge in [-0.3, -0.25) is 14.8 Å². The predicted molar refractivity (Wildman–Crippen MR) is 110 cm³/mol. The minimum atomic E-state index is -0.489. The van der Waals surface area contributed by atoms with Crippen LogP contribution in [0.2, 0.25) is 0 Å². The van der Waals surface area contributed by atoms with E-state index in [1.54, 1.807) is 31.1 Å². The summed E-state index contributed by atoms with van der Waals surface area (Å²) in [5, 5.41) is 3.35. The van der Waals surface area contributed by atoms with Crippen molar-refractivity contribution in [2.24, 2.45) is 10.7 Å². The van der Waals surface area contributed by atoms with E-state index in [9.17, 15) is 4.79 Å². The van der Waals surface area contributed by atoms with Crippen molar-refractivity contribution in [1.29, 1.82) is 0 Å². The van der Waals surface area contributed by atoms with Crippen molar-refractivity contribution in [3.05, 3.63) is 41.9 Å². The number of amides is 1. The minimum Gasteiger partial charge on any atom is -0.448 e. The first-order chi connectivity index (χ1) is 12.7. The summed E-state index contributed by atoms with van der Waals surface area (Å²) in [6.45, 7) is 12.0. The summed E-state index contributed by atoms with van der Waals surface area (Å²) >= 11 is 1.57. The number of nitrogens with zero attached hydrogens (tertiary/aromatic N) is 3. The molecule has 27 heavy (non-hydrogen) atoms. The van der Waals surface area contributed by atoms with Crippen molar-refractivity contribution < 1.29 is 9.21 Å². The molecule has 1 amide bonds. The normalized spacial score (nSPS) is 20.9. The molecule has 3 N–H and O–H groups in total. The van der Waals surface area contributed by atoms with Gasteiger partial charge in [-0.1, -0.05) is 39.5 Å². The summed E-state index contributed by atoms with van der Waals surface area (Å²) in [7, 11) is 0. The number of oxazole rings is 1. The summed E-state index contributed by atoms with van der Waals surface area (Å²) in [5.74, 6) is 0.0970. The molecule has 0 aliphatic carbocycles. The average Bonchev–Trinajstić information content (AvgIpc) is 3.01. The van der Waals surface area contributed by atoms with Gasteiger partial charge in [0.2, 0.25) is 0 Å². The molecule has 2 aromatic heterocycles. The molecular weight excluding hydrogens is 362 g/mol. The molecule has 3 rings (SSSR count). The van der Waals surface area contributed by atoms with E-state index < -0.39 is 5.54 Å². The quantitative estimate of drug-likeness (QED) is 0.818. The van der Waals surface area contributed by atoms with E-state index in [2.05, 4.69) is 34.1 Å². The van der Waals surface area contributed by atoms with Crippen LogP contribution < -0.4 is 11.1 Å². The second kappa shape index (κ2) is 8.12. The molecule has 7 nitrogen and oxygen atoms in total. The molecule has 1 aliphatic rings. The van der Waals surface area contributed by atoms with Crippen LogP contribution in [0.4, 0.5) is 5.69 Å². The lowest BCUT2D eigenvalue weighted by atomic mass is 9.84. The van der Waals surface area contributed by atoms with Crippen LogP contribution in [0.5, 0.6) is 0 Å². The van der Waals surface area contributed by atoms with E-state index in [4.69, 9.17) is 10.2 Å². The standard InChI is InChI=1S/C17H21N5O2S.C2H6/c1-10-20-13(8-24-10)14(23)21-12-5-11(6-19-7-12)17(4)9-16(2,3)25-15(18)22-17;1-2/h5-8H,9H2,1-4H3,(H2,18,22)(H,21,23);1-2H3/t17-;/m0./s1. The smallest absolute Gasteiger partial charge is 0.277 e. The lowest BCUT2D eigenvalue weighted by molar-refractivity contribution is 0.102. The van der Waals surface area contributed by atoms with Crippen molar-refractivity contribution in [2.75, 3.05) is 5.32 Å². The third-order valence-electron chi connectivity index (χ3n) is 3.98. The molecule has 146 valence electrons. The Balaban J connectivity index is 0.00000126. The van der Waals surface area contributed by atoms with Crippen LogP contribution in [0.15, 0.2) is 34.1 Å². The number of aromatic nitrogens is 2. The van der Waals surface area contributed by atoms with Gasteiger partial charge in [-0.15, -0.1) is 0 Å². The third kappa shape index (κ3) is 5.09. The van der Waals surface area contributed by atoms with Crippen LogP contribution in [-0.2, 0) is 5.54 Å². The number of nitrogens with one attached hydrogen (secondary N) is 1. The molecule has 0 aromatic carbocycles. The predicted octanol–water partition coefficient (Wildman–Crippen LogP) is 4.10. The monoisotopic (exact) mass is 389 g/mol. The topological polar surface area (TPSA) is 106 Å². The minimum absolute atomic E-state index is 0.0297. The Morgan fingerprint density at radius 1 is 1.30 bits per heavy atom. The van der Waals surface area contributed by atoms with Gasteiger partial charge in [0.25, 0.3) is 5.91 Å². The second-order valence-electron chi connectivity index (χ2n) is 6.93. The Hall–Kier alpha value is -2.35. The van der Waals surface area contributed by atoms with Gasteiger partial charge >= 0.3 is 0 Å². The highest BCUT2D eigenvalue weighted by atomic mass is 32.2. The van der Waals surface area contributed by atoms with Crippen molar-refractivity contribution >= 4 is 28.5 Å². The van der Waals surface area contributed by atoms with Crippen molar-refractivity contribution in [3.8, 4) is 0 Å². The van der Waals surface area contributed by atoms with Crippen LogP contribution in [0.25, 0.3) is 0 Å². The first kappa shape index (κ1) is 21.0. The Morgan fingerprint density at radius 2 is 2.00 bits per heavy atom. The summed E-state index contributed by atoms with van der Waals surface area (Å²) in [6, 6.07) is 1.88. The number of nitrogens with two attached hydrogens (primary N) is 1. The highest BCUT2D eigenvalue weighted by Crippen LogP contribution is 2.44. The van der Waals surface area contributed by atoms with Gasteiger partial charge < -0.3 is 15.5 Å². The second-order valence-corrected chi connectivity index (χ2v) is 8.66. The number of pyridine rings is 1. The number of hydrogen-bond acceptors (Lipinski definition) is 7. The van der Waals surface area contributed by atoms with Gasteiger partial charge in [-0.2, -0.15) is 0 Å². The molecule has 8 heteroatoms. The van der Waals surface area contributed by atoms with E-state index in [0.717, 1.165) is 12.0 Å². The van der Waals surface area contributed by atoms with Crippen LogP contribution in [-0.4, -0.2) is 25.8 Å². The summed E-state index contributed by atoms with van der Waals surface area (Å²) < 4.78 is 5.04. The zero-order valence-electron chi connectivity index (χ0n) is 16.7. The van der Waals surface area contributed by atoms with Crippen LogP contribution in [0, 0.1) is 6.92 Å². The molecular formula is C19H27N5O2S. The number of rotatable bonds is 3. The molecule has 0 bridgehead atoms. The number of aliphatic imine (C=N–C) groups is 1. The molecule has 1 aliphatic heterocycles. The fourth-order valence-corrected chi connectivity index (χ4v) is 4.25. The maximum atomic E-state index is 12.2. The van der Waals surface area contributed by atoms with Crippen molar-refractivity contribution in [3.63, 3.8) is 0 Å². The Bertz CT molecular complexity index is 846. The lowest BCUT2D eigenvalue weighted by Gasteiger charge is -2.39. The molecule has 0 fully saturated rings. The Morgan fingerprint density at radius 3 is 2.59 bits per heavy atom. The highest BCUT2D eigenvalue weighted by molar-refractivity contribution is 8.15. The molecule has 0 spiro atoms. The zero-order valence-corrected chi connectivity index (χ0v) is 17.5. The zero-order chi connectivity index (χ0) is 20.2. The van der Waals surface area contributed by atoms with Crippen molar-refractivity contribution in [1.82, 2.24) is 9.97 Å². The van der Waals surface area contributed by atoms with Crippen LogP contribution in [0.3, 0.4) is 0 Å². The van der Waals surface area contributed by atoms with E-state index >= 15 is 0 Å². The number of aryl methyl sites for hydroxylation is 1. The summed E-state index contributed by atoms with van der Waals surface area (Å²) in [5.41, 5.74) is 7.24. The average molecular weight is 390 g/mol. The Labute approximate surface area is 164 Å². The van der Waals surface area contributed by atoms with E-state index in [-0.39, 0.29) is 16.3 Å². The number of thioether (sulfide) groups is 1. The first-order valence-corrected chi connectivity index (χ1v) is 9.72. The number of anilines is 1. The molecule has 0 unspecified atom stereocenters. The molecule has 0 saturated carbocycles. The van der Waals surface area contributed by atoms with Crippen LogP contribution >= 0.6 is 11.8 Å². The van der Waals surface area contributed by atoms with E-state index in [0.29, 0.717) is 16.7 Å². The van der Waals surface area contributed by atoms with Crippen LogP contribution in [0.1, 0.15) is 63.0 Å². The first-order valence-electron chi connectivity index (χ1n) is 8.90. The van der Waals surface area contributed by atoms with Gasteiger partial charge in [-0.05, 0) is 25.0 Å². The van der Waals surface area contributed by atoms with Gasteiger partial charge in [0.1, 0.15) is 6.26 Å². The Kier molecular flexibility index (Phi) is 6.30. The van der Waals surface area contributed by atoms with Gasteiger partial charge in [-0.25, -0.2) is 4.98 Å². The molecule has 3 heterocycles.